The Labute approximate surface area is 248 Å². The van der Waals surface area contributed by atoms with Gasteiger partial charge < -0.3 is 34.4 Å². The van der Waals surface area contributed by atoms with Crippen LogP contribution in [0, 0.1) is 0 Å². The van der Waals surface area contributed by atoms with E-state index in [1.54, 1.807) is 26.4 Å². The highest BCUT2D eigenvalue weighted by Crippen LogP contribution is 2.42. The third-order valence-corrected chi connectivity index (χ3v) is 8.78. The number of fused-ring (bicyclic) bond motifs is 6. The van der Waals surface area contributed by atoms with Crippen LogP contribution >= 0.6 is 0 Å². The summed E-state index contributed by atoms with van der Waals surface area (Å²) in [5.41, 5.74) is 9.44. The van der Waals surface area contributed by atoms with Gasteiger partial charge in [0.25, 0.3) is 0 Å². The van der Waals surface area contributed by atoms with Gasteiger partial charge in [0.05, 0.1) is 44.1 Å². The van der Waals surface area contributed by atoms with Crippen molar-refractivity contribution >= 4 is 33.2 Å². The first-order chi connectivity index (χ1) is 21.0. The number of aromatic hydroxyl groups is 2. The summed E-state index contributed by atoms with van der Waals surface area (Å²) in [6, 6.07) is 15.7. The van der Waals surface area contributed by atoms with Gasteiger partial charge in [-0.05, 0) is 84.7 Å². The minimum absolute atomic E-state index is 0.114. The van der Waals surface area contributed by atoms with Gasteiger partial charge in [0.15, 0.2) is 11.5 Å². The number of ether oxygens (including phenoxy) is 3. The van der Waals surface area contributed by atoms with Gasteiger partial charge >= 0.3 is 0 Å². The van der Waals surface area contributed by atoms with Crippen LogP contribution in [0.2, 0.25) is 0 Å². The fourth-order valence-electron chi connectivity index (χ4n) is 6.61. The number of phenolic OH excluding ortho intramolecular Hbond substituents is 2. The van der Waals surface area contributed by atoms with Crippen LogP contribution in [0.25, 0.3) is 21.8 Å². The van der Waals surface area contributed by atoms with Crippen molar-refractivity contribution in [3.8, 4) is 28.7 Å². The standard InChI is InChI=1S/C34H34N4O5/c1-41-20-4-6-22-24-8-10-35-28(32(24)37-26(22)16-20)12-18(19-14-30(39)34(40)31(15-19)43-3)13-29-33-25(9-11-36-29)23-7-5-21(42-2)17-27(23)38-33/h4-7,14-18,37-40H,8-13H2,1-3H3. The molecule has 0 unspecified atom stereocenters. The van der Waals surface area contributed by atoms with Crippen LogP contribution in [0.15, 0.2) is 58.5 Å². The number of aliphatic imine (C=N–C) groups is 2. The van der Waals surface area contributed by atoms with Crippen molar-refractivity contribution in [1.29, 1.82) is 0 Å². The van der Waals surface area contributed by atoms with Gasteiger partial charge in [-0.1, -0.05) is 0 Å². The summed E-state index contributed by atoms with van der Waals surface area (Å²) in [6.45, 7) is 1.40. The van der Waals surface area contributed by atoms with Crippen LogP contribution in [0.4, 0.5) is 0 Å². The van der Waals surface area contributed by atoms with Gasteiger partial charge in [-0.2, -0.15) is 0 Å². The summed E-state index contributed by atoms with van der Waals surface area (Å²) < 4.78 is 16.4. The summed E-state index contributed by atoms with van der Waals surface area (Å²) in [5.74, 6) is 1.23. The minimum Gasteiger partial charge on any atom is -0.504 e. The molecule has 0 amide bonds. The number of phenols is 2. The fraction of sp³-hybridized carbons (Fsp3) is 0.294. The number of methoxy groups -OCH3 is 3. The van der Waals surface area contributed by atoms with Crippen LogP contribution in [0.1, 0.15) is 46.8 Å². The molecule has 0 spiro atoms. The Morgan fingerprint density at radius 2 is 1.26 bits per heavy atom. The van der Waals surface area contributed by atoms with Crippen LogP contribution in [-0.2, 0) is 12.8 Å². The van der Waals surface area contributed by atoms with E-state index in [0.717, 1.165) is 63.7 Å². The van der Waals surface area contributed by atoms with E-state index in [4.69, 9.17) is 24.2 Å². The lowest BCUT2D eigenvalue weighted by molar-refractivity contribution is 0.350. The summed E-state index contributed by atoms with van der Waals surface area (Å²) in [6.07, 6.45) is 2.93. The Balaban J connectivity index is 1.30. The molecule has 220 valence electrons. The molecule has 2 aromatic heterocycles. The van der Waals surface area contributed by atoms with E-state index in [0.29, 0.717) is 25.9 Å². The highest BCUT2D eigenvalue weighted by atomic mass is 16.5. The Morgan fingerprint density at radius 3 is 1.74 bits per heavy atom. The van der Waals surface area contributed by atoms with Gasteiger partial charge in [0.1, 0.15) is 11.5 Å². The number of aromatic amines is 2. The first kappa shape index (κ1) is 26.9. The number of rotatable bonds is 8. The van der Waals surface area contributed by atoms with Gasteiger partial charge in [-0.3, -0.25) is 9.98 Å². The summed E-state index contributed by atoms with van der Waals surface area (Å²) in [4.78, 5) is 17.2. The average Bonchev–Trinajstić information content (AvgIpc) is 3.60. The summed E-state index contributed by atoms with van der Waals surface area (Å²) in [7, 11) is 4.83. The van der Waals surface area contributed by atoms with E-state index >= 15 is 0 Å². The molecule has 4 heterocycles. The Morgan fingerprint density at radius 1 is 0.721 bits per heavy atom. The van der Waals surface area contributed by atoms with Crippen LogP contribution in [0.3, 0.4) is 0 Å². The molecule has 0 atom stereocenters. The maximum absolute atomic E-state index is 10.7. The largest absolute Gasteiger partial charge is 0.504 e. The predicted octanol–water partition coefficient (Wildman–Crippen LogP) is 6.04. The molecule has 0 saturated carbocycles. The highest BCUT2D eigenvalue weighted by Gasteiger charge is 2.28. The quantitative estimate of drug-likeness (QED) is 0.167. The lowest BCUT2D eigenvalue weighted by Gasteiger charge is -2.24. The summed E-state index contributed by atoms with van der Waals surface area (Å²) in [5, 5.41) is 23.4. The summed E-state index contributed by atoms with van der Waals surface area (Å²) >= 11 is 0. The van der Waals surface area contributed by atoms with Crippen molar-refractivity contribution in [3.63, 3.8) is 0 Å². The maximum Gasteiger partial charge on any atom is 0.200 e. The third kappa shape index (κ3) is 4.65. The van der Waals surface area contributed by atoms with Crippen molar-refractivity contribution < 1.29 is 24.4 Å². The fourth-order valence-corrected chi connectivity index (χ4v) is 6.61. The van der Waals surface area contributed by atoms with Crippen molar-refractivity contribution in [3.05, 3.63) is 76.6 Å². The number of nitrogens with one attached hydrogen (secondary N) is 2. The topological polar surface area (TPSA) is 124 Å². The predicted molar refractivity (Wildman–Crippen MR) is 168 cm³/mol. The minimum atomic E-state index is -0.270. The lowest BCUT2D eigenvalue weighted by Crippen LogP contribution is -2.20. The Bertz CT molecular complexity index is 1820. The van der Waals surface area contributed by atoms with E-state index < -0.39 is 0 Å². The molecule has 4 N–H and O–H groups in total. The van der Waals surface area contributed by atoms with E-state index in [9.17, 15) is 10.2 Å². The molecule has 0 radical (unpaired) electrons. The number of nitrogens with zero attached hydrogens (tertiary/aromatic N) is 2. The molecular weight excluding hydrogens is 544 g/mol. The van der Waals surface area contributed by atoms with Crippen LogP contribution < -0.4 is 14.2 Å². The van der Waals surface area contributed by atoms with Gasteiger partial charge in [0.2, 0.25) is 5.75 Å². The molecule has 9 nitrogen and oxygen atoms in total. The van der Waals surface area contributed by atoms with Crippen molar-refractivity contribution in [2.45, 2.75) is 31.6 Å². The SMILES string of the molecule is COc1ccc2c3c([nH]c2c1)C(CC(CC1=NCCc2c1[nH]c1cc(OC)ccc21)c1cc(O)c(O)c(OC)c1)=NCC3. The molecule has 5 aromatic rings. The molecule has 0 aliphatic carbocycles. The van der Waals surface area contributed by atoms with Crippen LogP contribution in [0.5, 0.6) is 28.7 Å². The number of benzene rings is 3. The van der Waals surface area contributed by atoms with Gasteiger partial charge in [0, 0.05) is 47.0 Å². The van der Waals surface area contributed by atoms with Crippen LogP contribution in [-0.4, -0.2) is 66.0 Å². The lowest BCUT2D eigenvalue weighted by atomic mass is 9.84. The Kier molecular flexibility index (Phi) is 6.72. The van der Waals surface area contributed by atoms with Crippen molar-refractivity contribution in [2.75, 3.05) is 34.4 Å². The highest BCUT2D eigenvalue weighted by molar-refractivity contribution is 6.09. The Hall–Kier alpha value is -4.92. The van der Waals surface area contributed by atoms with E-state index in [1.807, 2.05) is 24.3 Å². The molecule has 0 bridgehead atoms. The maximum atomic E-state index is 10.7. The number of H-pyrrole nitrogens is 2. The molecule has 2 aliphatic rings. The second-order valence-electron chi connectivity index (χ2n) is 11.1. The molecule has 9 heteroatoms. The molecule has 0 saturated heterocycles. The third-order valence-electron chi connectivity index (χ3n) is 8.78. The second-order valence-corrected chi connectivity index (χ2v) is 11.1. The van der Waals surface area contributed by atoms with E-state index in [1.165, 1.54) is 29.0 Å². The van der Waals surface area contributed by atoms with E-state index in [-0.39, 0.29) is 23.2 Å². The zero-order valence-corrected chi connectivity index (χ0v) is 24.5. The number of aromatic nitrogens is 2. The van der Waals surface area contributed by atoms with Crippen molar-refractivity contribution in [1.82, 2.24) is 9.97 Å². The molecule has 3 aromatic carbocycles. The zero-order valence-electron chi connectivity index (χ0n) is 24.5. The first-order valence-corrected chi connectivity index (χ1v) is 14.5. The smallest absolute Gasteiger partial charge is 0.200 e. The van der Waals surface area contributed by atoms with Gasteiger partial charge in [-0.15, -0.1) is 0 Å². The molecule has 2 aliphatic heterocycles. The second kappa shape index (κ2) is 10.7. The number of hydrogen-bond acceptors (Lipinski definition) is 7. The monoisotopic (exact) mass is 578 g/mol. The van der Waals surface area contributed by atoms with Gasteiger partial charge in [-0.25, -0.2) is 0 Å². The molecule has 0 fully saturated rings. The van der Waals surface area contributed by atoms with Crippen molar-refractivity contribution in [2.24, 2.45) is 9.98 Å². The molecule has 43 heavy (non-hydrogen) atoms. The number of hydrogen-bond donors (Lipinski definition) is 4. The average molecular weight is 579 g/mol. The molecular formula is C34H34N4O5. The van der Waals surface area contributed by atoms with E-state index in [2.05, 4.69) is 22.1 Å². The molecule has 7 rings (SSSR count). The first-order valence-electron chi connectivity index (χ1n) is 14.5. The normalized spacial score (nSPS) is 14.4. The zero-order chi connectivity index (χ0) is 29.7.